The van der Waals surface area contributed by atoms with Crippen LogP contribution in [-0.2, 0) is 14.3 Å². The molecule has 0 unspecified atom stereocenters. The average Bonchev–Trinajstić information content (AvgIpc) is 3.07. The second-order valence-corrected chi connectivity index (χ2v) is 6.83. The van der Waals surface area contributed by atoms with Crippen LogP contribution in [0.15, 0.2) is 0 Å². The van der Waals surface area contributed by atoms with Crippen molar-refractivity contribution in [3.63, 3.8) is 0 Å². The minimum absolute atomic E-state index is 0.308. The van der Waals surface area contributed by atoms with Gasteiger partial charge in [0.1, 0.15) is 0 Å². The van der Waals surface area contributed by atoms with Crippen LogP contribution in [0.5, 0.6) is 0 Å². The molecule has 0 radical (unpaired) electrons. The zero-order valence-corrected chi connectivity index (χ0v) is 13.1. The van der Waals surface area contributed by atoms with Crippen molar-refractivity contribution in [2.45, 2.75) is 70.0 Å². The molecule has 2 heterocycles. The van der Waals surface area contributed by atoms with E-state index in [2.05, 4.69) is 4.90 Å². The maximum atomic E-state index is 12.5. The molecule has 3 fully saturated rings. The number of amides is 1. The highest BCUT2D eigenvalue weighted by Crippen LogP contribution is 2.27. The van der Waals surface area contributed by atoms with Crippen molar-refractivity contribution >= 4 is 5.91 Å². The topological polar surface area (TPSA) is 38.8 Å². The van der Waals surface area contributed by atoms with Crippen LogP contribution in [0, 0.1) is 5.92 Å². The Hall–Kier alpha value is -0.610. The molecule has 3 aliphatic rings. The Morgan fingerprint density at radius 2 is 1.76 bits per heavy atom. The summed E-state index contributed by atoms with van der Waals surface area (Å²) in [5, 5.41) is 0. The third-order valence-electron chi connectivity index (χ3n) is 5.25. The molecule has 2 aliphatic heterocycles. The monoisotopic (exact) mass is 295 g/mol. The van der Waals surface area contributed by atoms with Gasteiger partial charge in [-0.15, -0.1) is 0 Å². The van der Waals surface area contributed by atoms with E-state index in [-0.39, 0.29) is 0 Å². The van der Waals surface area contributed by atoms with Gasteiger partial charge in [0.25, 0.3) is 0 Å². The molecule has 1 saturated carbocycles. The molecule has 4 heteroatoms. The van der Waals surface area contributed by atoms with E-state index < -0.39 is 0 Å². The van der Waals surface area contributed by atoms with Gasteiger partial charge in [-0.2, -0.15) is 0 Å². The highest BCUT2D eigenvalue weighted by Gasteiger charge is 2.29. The van der Waals surface area contributed by atoms with E-state index in [1.807, 2.05) is 0 Å². The van der Waals surface area contributed by atoms with Gasteiger partial charge in [0.2, 0.25) is 5.91 Å². The lowest BCUT2D eigenvalue weighted by Gasteiger charge is -2.35. The number of ether oxygens (including phenoxy) is 2. The van der Waals surface area contributed by atoms with Crippen molar-refractivity contribution in [2.75, 3.05) is 26.3 Å². The fourth-order valence-corrected chi connectivity index (χ4v) is 3.87. The van der Waals surface area contributed by atoms with Crippen molar-refractivity contribution in [3.05, 3.63) is 0 Å². The second kappa shape index (κ2) is 7.59. The van der Waals surface area contributed by atoms with Gasteiger partial charge in [-0.25, -0.2) is 0 Å². The molecule has 3 rings (SSSR count). The first-order chi connectivity index (χ1) is 10.3. The zero-order chi connectivity index (χ0) is 14.5. The Labute approximate surface area is 128 Å². The Bertz CT molecular complexity index is 327. The number of hydrogen-bond acceptors (Lipinski definition) is 3. The molecule has 1 amide bonds. The van der Waals surface area contributed by atoms with E-state index in [1.165, 1.54) is 25.7 Å². The maximum Gasteiger partial charge on any atom is 0.225 e. The maximum absolute atomic E-state index is 12.5. The highest BCUT2D eigenvalue weighted by molar-refractivity contribution is 5.79. The summed E-state index contributed by atoms with van der Waals surface area (Å²) in [6, 6.07) is 0. The van der Waals surface area contributed by atoms with E-state index in [9.17, 15) is 4.79 Å². The number of likely N-dealkylation sites (tertiary alicyclic amines) is 1. The lowest BCUT2D eigenvalue weighted by Crippen LogP contribution is -2.44. The van der Waals surface area contributed by atoms with E-state index in [0.29, 0.717) is 24.0 Å². The van der Waals surface area contributed by atoms with E-state index in [1.54, 1.807) is 0 Å². The van der Waals surface area contributed by atoms with E-state index >= 15 is 0 Å². The van der Waals surface area contributed by atoms with Gasteiger partial charge in [-0.05, 0) is 38.5 Å². The van der Waals surface area contributed by atoms with Gasteiger partial charge in [-0.1, -0.05) is 19.3 Å². The number of piperidine rings is 1. The summed E-state index contributed by atoms with van der Waals surface area (Å²) in [5.41, 5.74) is 0. The lowest BCUT2D eigenvalue weighted by atomic mass is 9.88. The summed E-state index contributed by atoms with van der Waals surface area (Å²) in [4.78, 5) is 14.6. The lowest BCUT2D eigenvalue weighted by molar-refractivity contribution is -0.139. The molecule has 0 aromatic heterocycles. The van der Waals surface area contributed by atoms with Crippen molar-refractivity contribution < 1.29 is 14.3 Å². The summed E-state index contributed by atoms with van der Waals surface area (Å²) < 4.78 is 11.6. The Balaban J connectivity index is 1.36. The largest absolute Gasteiger partial charge is 0.376 e. The van der Waals surface area contributed by atoms with Crippen LogP contribution in [-0.4, -0.2) is 49.3 Å². The molecule has 21 heavy (non-hydrogen) atoms. The van der Waals surface area contributed by atoms with Gasteiger partial charge in [0.05, 0.1) is 18.8 Å². The first-order valence-corrected chi connectivity index (χ1v) is 8.85. The number of hydrogen-bond donors (Lipinski definition) is 0. The molecular formula is C17H29NO3. The third kappa shape index (κ3) is 4.19. The molecule has 0 N–H and O–H groups in total. The fraction of sp³-hybridized carbons (Fsp3) is 0.941. The van der Waals surface area contributed by atoms with E-state index in [4.69, 9.17) is 9.47 Å². The molecule has 1 atom stereocenters. The number of carbonyl (C=O) groups excluding carboxylic acids is 1. The molecule has 4 nitrogen and oxygen atoms in total. The van der Waals surface area contributed by atoms with Gasteiger partial charge >= 0.3 is 0 Å². The highest BCUT2D eigenvalue weighted by atomic mass is 16.5. The minimum Gasteiger partial charge on any atom is -0.376 e. The molecular weight excluding hydrogens is 266 g/mol. The second-order valence-electron chi connectivity index (χ2n) is 6.83. The first-order valence-electron chi connectivity index (χ1n) is 8.85. The third-order valence-corrected chi connectivity index (χ3v) is 5.25. The summed E-state index contributed by atoms with van der Waals surface area (Å²) in [6.07, 6.45) is 10.9. The number of nitrogens with zero attached hydrogens (tertiary/aromatic N) is 1. The fourth-order valence-electron chi connectivity index (χ4n) is 3.87. The van der Waals surface area contributed by atoms with Crippen LogP contribution >= 0.6 is 0 Å². The van der Waals surface area contributed by atoms with Crippen LogP contribution < -0.4 is 0 Å². The summed E-state index contributed by atoms with van der Waals surface area (Å²) in [7, 11) is 0. The van der Waals surface area contributed by atoms with Crippen LogP contribution in [0.4, 0.5) is 0 Å². The molecule has 2 saturated heterocycles. The first kappa shape index (κ1) is 15.3. The average molecular weight is 295 g/mol. The van der Waals surface area contributed by atoms with Crippen LogP contribution in [0.2, 0.25) is 0 Å². The van der Waals surface area contributed by atoms with Gasteiger partial charge in [0, 0.05) is 25.6 Å². The van der Waals surface area contributed by atoms with Crippen molar-refractivity contribution in [1.82, 2.24) is 4.90 Å². The van der Waals surface area contributed by atoms with Crippen molar-refractivity contribution in [2.24, 2.45) is 5.92 Å². The van der Waals surface area contributed by atoms with Crippen molar-refractivity contribution in [3.8, 4) is 0 Å². The standard InChI is InChI=1S/C17H29NO3/c19-17(14-5-2-1-3-6-14)18-10-8-15(9-11-18)21-13-16-7-4-12-20-16/h14-16H,1-13H2/t16-/m0/s1. The normalized spacial score (nSPS) is 29.0. The predicted octanol–water partition coefficient (Wildman–Crippen LogP) is 2.75. The van der Waals surface area contributed by atoms with Crippen LogP contribution in [0.3, 0.4) is 0 Å². The van der Waals surface area contributed by atoms with E-state index in [0.717, 1.165) is 58.4 Å². The number of rotatable bonds is 4. The van der Waals surface area contributed by atoms with Gasteiger partial charge in [-0.3, -0.25) is 4.79 Å². The summed E-state index contributed by atoms with van der Waals surface area (Å²) >= 11 is 0. The van der Waals surface area contributed by atoms with Gasteiger partial charge < -0.3 is 14.4 Å². The SMILES string of the molecule is O=C(C1CCCCC1)N1CCC(OC[C@@H]2CCCO2)CC1. The molecule has 0 aromatic carbocycles. The number of carbonyl (C=O) groups is 1. The Morgan fingerprint density at radius 3 is 2.43 bits per heavy atom. The molecule has 0 aromatic rings. The molecule has 0 spiro atoms. The summed E-state index contributed by atoms with van der Waals surface area (Å²) in [5.74, 6) is 0.718. The quantitative estimate of drug-likeness (QED) is 0.800. The Kier molecular flexibility index (Phi) is 5.53. The molecule has 0 bridgehead atoms. The van der Waals surface area contributed by atoms with Gasteiger partial charge in [0.15, 0.2) is 0 Å². The Morgan fingerprint density at radius 1 is 1.00 bits per heavy atom. The smallest absolute Gasteiger partial charge is 0.225 e. The van der Waals surface area contributed by atoms with Crippen molar-refractivity contribution in [1.29, 1.82) is 0 Å². The molecule has 1 aliphatic carbocycles. The summed E-state index contributed by atoms with van der Waals surface area (Å²) in [6.45, 7) is 3.39. The minimum atomic E-state index is 0.308. The predicted molar refractivity (Wildman–Crippen MR) is 81.1 cm³/mol. The van der Waals surface area contributed by atoms with Crippen LogP contribution in [0.1, 0.15) is 57.8 Å². The zero-order valence-electron chi connectivity index (χ0n) is 13.1. The van der Waals surface area contributed by atoms with Crippen LogP contribution in [0.25, 0.3) is 0 Å². The molecule has 120 valence electrons.